The Morgan fingerprint density at radius 1 is 0.621 bits per heavy atom. The van der Waals surface area contributed by atoms with Crippen molar-refractivity contribution in [3.05, 3.63) is 182 Å². The standard InChI is InChI=1S/C52H38N3O2.Pt/c1-52(2,3)38-24-26-44(42(32-38)34-17-8-5-9-18-34)55-45-22-14-20-39(36-29-35(33-15-6-4-7-16-33)30-37(31-36)43-21-12-13-28-53-43)49(45)54-51(55)48-46(56)27-25-41-40-19-10-11-23-47(40)57-50(41)48;/h4-30,32,56H,1-3H3;/q-1;. The summed E-state index contributed by atoms with van der Waals surface area (Å²) in [5.74, 6) is 0.659. The van der Waals surface area contributed by atoms with Crippen LogP contribution in [0.25, 0.3) is 94.7 Å². The van der Waals surface area contributed by atoms with Gasteiger partial charge in [0.1, 0.15) is 22.5 Å². The Kier molecular flexibility index (Phi) is 9.42. The van der Waals surface area contributed by atoms with E-state index in [0.29, 0.717) is 17.0 Å². The summed E-state index contributed by atoms with van der Waals surface area (Å²) in [5.41, 5.74) is 13.4. The molecular formula is C52H38N3O2Pt-. The number of aromatic nitrogens is 3. The normalized spacial score (nSPS) is 11.6. The summed E-state index contributed by atoms with van der Waals surface area (Å²) in [4.78, 5) is 10.2. The maximum atomic E-state index is 11.9. The smallest absolute Gasteiger partial charge is 0.152 e. The number of imidazole rings is 1. The third kappa shape index (κ3) is 6.42. The van der Waals surface area contributed by atoms with E-state index in [0.717, 1.165) is 77.7 Å². The molecule has 58 heavy (non-hydrogen) atoms. The van der Waals surface area contributed by atoms with E-state index in [1.807, 2.05) is 60.8 Å². The number of fused-ring (bicyclic) bond motifs is 4. The van der Waals surface area contributed by atoms with Crippen LogP contribution >= 0.6 is 0 Å². The molecule has 5 nitrogen and oxygen atoms in total. The van der Waals surface area contributed by atoms with Crippen molar-refractivity contribution in [2.75, 3.05) is 0 Å². The van der Waals surface area contributed by atoms with E-state index in [1.165, 1.54) is 5.56 Å². The molecule has 0 saturated carbocycles. The molecule has 0 spiro atoms. The van der Waals surface area contributed by atoms with E-state index < -0.39 is 0 Å². The van der Waals surface area contributed by atoms with Crippen molar-refractivity contribution >= 4 is 33.0 Å². The number of nitrogens with zero attached hydrogens (tertiary/aromatic N) is 3. The molecule has 10 rings (SSSR count). The molecule has 0 aliphatic heterocycles. The van der Waals surface area contributed by atoms with Gasteiger partial charge in [-0.25, -0.2) is 4.98 Å². The summed E-state index contributed by atoms with van der Waals surface area (Å²) in [6, 6.07) is 59.5. The van der Waals surface area contributed by atoms with Crippen LogP contribution in [0, 0.1) is 6.07 Å². The zero-order valence-corrected chi connectivity index (χ0v) is 34.5. The van der Waals surface area contributed by atoms with Crippen LogP contribution in [0.3, 0.4) is 0 Å². The molecular weight excluding hydrogens is 894 g/mol. The van der Waals surface area contributed by atoms with Crippen molar-refractivity contribution in [1.29, 1.82) is 0 Å². The average Bonchev–Trinajstić information content (AvgIpc) is 3.82. The second kappa shape index (κ2) is 14.8. The number of pyridine rings is 1. The first kappa shape index (κ1) is 37.0. The Morgan fingerprint density at radius 2 is 1.34 bits per heavy atom. The first-order valence-electron chi connectivity index (χ1n) is 19.2. The number of aromatic hydroxyl groups is 1. The first-order valence-corrected chi connectivity index (χ1v) is 19.2. The molecule has 0 fully saturated rings. The van der Waals surface area contributed by atoms with Crippen LogP contribution in [0.5, 0.6) is 5.75 Å². The Balaban J connectivity index is 0.00000436. The van der Waals surface area contributed by atoms with Gasteiger partial charge in [0.2, 0.25) is 0 Å². The van der Waals surface area contributed by atoms with Gasteiger partial charge < -0.3 is 9.52 Å². The quantitative estimate of drug-likeness (QED) is 0.169. The molecule has 0 bridgehead atoms. The number of hydrogen-bond acceptors (Lipinski definition) is 4. The molecule has 7 aromatic carbocycles. The second-order valence-electron chi connectivity index (χ2n) is 15.5. The summed E-state index contributed by atoms with van der Waals surface area (Å²) < 4.78 is 8.79. The fourth-order valence-corrected chi connectivity index (χ4v) is 7.94. The molecule has 0 atom stereocenters. The van der Waals surface area contributed by atoms with E-state index >= 15 is 0 Å². The van der Waals surface area contributed by atoms with Gasteiger partial charge in [-0.3, -0.25) is 9.55 Å². The van der Waals surface area contributed by atoms with Gasteiger partial charge in [0.25, 0.3) is 0 Å². The van der Waals surface area contributed by atoms with E-state index in [1.54, 1.807) is 6.07 Å². The maximum absolute atomic E-state index is 11.9. The summed E-state index contributed by atoms with van der Waals surface area (Å²) in [6.45, 7) is 6.71. The minimum absolute atomic E-state index is 0. The van der Waals surface area contributed by atoms with Crippen molar-refractivity contribution in [3.63, 3.8) is 0 Å². The van der Waals surface area contributed by atoms with Crippen molar-refractivity contribution in [1.82, 2.24) is 14.5 Å². The van der Waals surface area contributed by atoms with Crippen molar-refractivity contribution < 1.29 is 30.6 Å². The van der Waals surface area contributed by atoms with Crippen molar-refractivity contribution in [2.45, 2.75) is 26.2 Å². The Hall–Kier alpha value is -6.55. The largest absolute Gasteiger partial charge is 0.507 e. The van der Waals surface area contributed by atoms with Gasteiger partial charge in [0.15, 0.2) is 5.82 Å². The monoisotopic (exact) mass is 931 g/mol. The summed E-state index contributed by atoms with van der Waals surface area (Å²) in [6.07, 6.45) is 1.81. The number of benzene rings is 7. The number of phenols is 1. The van der Waals surface area contributed by atoms with Crippen LogP contribution in [0.1, 0.15) is 26.3 Å². The fraction of sp³-hybridized carbons (Fsp3) is 0.0769. The van der Waals surface area contributed by atoms with Crippen LogP contribution in [0.2, 0.25) is 0 Å². The zero-order valence-electron chi connectivity index (χ0n) is 32.2. The molecule has 284 valence electrons. The molecule has 0 unspecified atom stereocenters. The number of phenolic OH excluding ortho intramolecular Hbond substituents is 1. The third-order valence-electron chi connectivity index (χ3n) is 10.8. The van der Waals surface area contributed by atoms with Gasteiger partial charge in [0, 0.05) is 49.3 Å². The minimum Gasteiger partial charge on any atom is -0.507 e. The number of furan rings is 1. The Labute approximate surface area is 351 Å². The van der Waals surface area contributed by atoms with Crippen LogP contribution in [-0.2, 0) is 26.5 Å². The molecule has 0 saturated heterocycles. The molecule has 3 heterocycles. The number of para-hydroxylation sites is 2. The van der Waals surface area contributed by atoms with E-state index in [9.17, 15) is 5.11 Å². The van der Waals surface area contributed by atoms with Crippen LogP contribution in [0.4, 0.5) is 0 Å². The summed E-state index contributed by atoms with van der Waals surface area (Å²) >= 11 is 0. The topological polar surface area (TPSA) is 64.1 Å². The molecule has 0 amide bonds. The first-order chi connectivity index (χ1) is 27.8. The zero-order chi connectivity index (χ0) is 38.7. The average molecular weight is 932 g/mol. The van der Waals surface area contributed by atoms with Gasteiger partial charge >= 0.3 is 0 Å². The van der Waals surface area contributed by atoms with E-state index in [4.69, 9.17) is 14.4 Å². The van der Waals surface area contributed by atoms with Crippen LogP contribution in [-0.4, -0.2) is 19.6 Å². The van der Waals surface area contributed by atoms with Gasteiger partial charge in [-0.05, 0) is 64.6 Å². The van der Waals surface area contributed by atoms with Crippen molar-refractivity contribution in [3.8, 4) is 67.5 Å². The second-order valence-corrected chi connectivity index (χ2v) is 15.5. The summed E-state index contributed by atoms with van der Waals surface area (Å²) in [5, 5.41) is 13.8. The Morgan fingerprint density at radius 3 is 2.10 bits per heavy atom. The number of rotatable bonds is 6. The van der Waals surface area contributed by atoms with E-state index in [-0.39, 0.29) is 32.2 Å². The molecule has 0 aliphatic carbocycles. The Bertz CT molecular complexity index is 3050. The van der Waals surface area contributed by atoms with Gasteiger partial charge in [-0.1, -0.05) is 147 Å². The molecule has 10 aromatic rings. The molecule has 1 N–H and O–H groups in total. The van der Waals surface area contributed by atoms with Crippen LogP contribution in [0.15, 0.2) is 174 Å². The third-order valence-corrected chi connectivity index (χ3v) is 10.8. The molecule has 6 heteroatoms. The van der Waals surface area contributed by atoms with Gasteiger partial charge in [0.05, 0.1) is 16.7 Å². The van der Waals surface area contributed by atoms with Gasteiger partial charge in [-0.15, -0.1) is 23.8 Å². The molecule has 0 aliphatic rings. The fourth-order valence-electron chi connectivity index (χ4n) is 7.94. The maximum Gasteiger partial charge on any atom is 0.152 e. The number of hydrogen-bond donors (Lipinski definition) is 1. The van der Waals surface area contributed by atoms with Crippen molar-refractivity contribution in [2.24, 2.45) is 0 Å². The van der Waals surface area contributed by atoms with Gasteiger partial charge in [-0.2, -0.15) is 0 Å². The minimum atomic E-state index is -0.0852. The molecule has 0 radical (unpaired) electrons. The summed E-state index contributed by atoms with van der Waals surface area (Å²) in [7, 11) is 0. The SMILES string of the molecule is CC(C)(C)c1ccc(-n2c(-c3c(O)ccc4c3oc3ccccc34)nc3c(-c4[c-]c(-c5ccccn5)cc(-c5ccccc5)c4)cccc32)c(-c2ccccc2)c1.[Pt]. The predicted molar refractivity (Wildman–Crippen MR) is 233 cm³/mol. The van der Waals surface area contributed by atoms with E-state index in [2.05, 4.69) is 135 Å². The predicted octanol–water partition coefficient (Wildman–Crippen LogP) is 13.5. The molecule has 3 aromatic heterocycles. The van der Waals surface area contributed by atoms with Crippen LogP contribution < -0.4 is 0 Å².